The van der Waals surface area contributed by atoms with Crippen LogP contribution in [0.3, 0.4) is 0 Å². The minimum Gasteiger partial charge on any atom is -0.308 e. The molecule has 1 aromatic rings. The highest BCUT2D eigenvalue weighted by atomic mass is 35.5. The van der Waals surface area contributed by atoms with Gasteiger partial charge in [-0.15, -0.1) is 0 Å². The molecule has 2 heteroatoms. The first-order valence-corrected chi connectivity index (χ1v) is 5.94. The van der Waals surface area contributed by atoms with Crippen LogP contribution >= 0.6 is 11.6 Å². The van der Waals surface area contributed by atoms with E-state index in [2.05, 4.69) is 56.9 Å². The Morgan fingerprint density at radius 1 is 1.38 bits per heavy atom. The van der Waals surface area contributed by atoms with E-state index in [-0.39, 0.29) is 5.41 Å². The molecule has 1 N–H and O–H groups in total. The fraction of sp³-hybridized carbons (Fsp3) is 0.429. The summed E-state index contributed by atoms with van der Waals surface area (Å²) in [5.74, 6) is 0. The van der Waals surface area contributed by atoms with E-state index in [0.29, 0.717) is 17.6 Å². The van der Waals surface area contributed by atoms with E-state index < -0.39 is 0 Å². The first kappa shape index (κ1) is 13.3. The van der Waals surface area contributed by atoms with Gasteiger partial charge in [0.1, 0.15) is 0 Å². The van der Waals surface area contributed by atoms with E-state index in [9.17, 15) is 0 Å². The molecule has 0 aliphatic rings. The van der Waals surface area contributed by atoms with Crippen molar-refractivity contribution in [3.8, 4) is 0 Å². The molecule has 1 aromatic carbocycles. The van der Waals surface area contributed by atoms with Crippen LogP contribution in [-0.4, -0.2) is 12.6 Å². The minimum absolute atomic E-state index is 0.0770. The summed E-state index contributed by atoms with van der Waals surface area (Å²) >= 11 is 5.76. The van der Waals surface area contributed by atoms with Gasteiger partial charge < -0.3 is 5.32 Å². The van der Waals surface area contributed by atoms with Crippen molar-refractivity contribution in [2.75, 3.05) is 6.54 Å². The van der Waals surface area contributed by atoms with Crippen LogP contribution in [0.5, 0.6) is 0 Å². The first-order chi connectivity index (χ1) is 7.44. The maximum absolute atomic E-state index is 5.76. The average Bonchev–Trinajstić information content (AvgIpc) is 2.27. The number of hydrogen-bond donors (Lipinski definition) is 1. The van der Waals surface area contributed by atoms with Gasteiger partial charge in [0.2, 0.25) is 0 Å². The molecule has 0 aliphatic carbocycles. The molecule has 0 aromatic heterocycles. The van der Waals surface area contributed by atoms with Crippen molar-refractivity contribution in [1.29, 1.82) is 0 Å². The molecule has 0 amide bonds. The average molecular weight is 238 g/mol. The van der Waals surface area contributed by atoms with Gasteiger partial charge in [-0.25, -0.2) is 0 Å². The number of rotatable bonds is 5. The predicted molar refractivity (Wildman–Crippen MR) is 71.9 cm³/mol. The van der Waals surface area contributed by atoms with Gasteiger partial charge in [-0.1, -0.05) is 62.4 Å². The molecular formula is C14H20ClN. The minimum atomic E-state index is 0.0770. The van der Waals surface area contributed by atoms with Crippen LogP contribution in [0.1, 0.15) is 26.3 Å². The van der Waals surface area contributed by atoms with Crippen molar-refractivity contribution in [2.24, 2.45) is 0 Å². The Balaban J connectivity index is 2.73. The molecule has 0 heterocycles. The molecular weight excluding hydrogens is 218 g/mol. The van der Waals surface area contributed by atoms with E-state index in [4.69, 9.17) is 11.6 Å². The Hall–Kier alpha value is -0.790. The lowest BCUT2D eigenvalue weighted by molar-refractivity contribution is 0.373. The number of nitrogens with one attached hydrogen (secondary N) is 1. The second-order valence-corrected chi connectivity index (χ2v) is 5.24. The SMILES string of the molecule is C=C(Cl)CNC(C)C(C)(C)c1ccccc1. The Labute approximate surface area is 104 Å². The lowest BCUT2D eigenvalue weighted by Gasteiger charge is -2.33. The van der Waals surface area contributed by atoms with Crippen LogP contribution in [0.2, 0.25) is 0 Å². The van der Waals surface area contributed by atoms with Crippen LogP contribution in [0.15, 0.2) is 41.9 Å². The fourth-order valence-corrected chi connectivity index (χ4v) is 1.71. The first-order valence-electron chi connectivity index (χ1n) is 5.57. The van der Waals surface area contributed by atoms with Gasteiger partial charge in [0, 0.05) is 23.0 Å². The molecule has 88 valence electrons. The summed E-state index contributed by atoms with van der Waals surface area (Å²) < 4.78 is 0. The van der Waals surface area contributed by atoms with Gasteiger partial charge in [-0.2, -0.15) is 0 Å². The summed E-state index contributed by atoms with van der Waals surface area (Å²) in [6, 6.07) is 10.8. The lowest BCUT2D eigenvalue weighted by atomic mass is 9.78. The molecule has 1 atom stereocenters. The van der Waals surface area contributed by atoms with E-state index in [1.807, 2.05) is 6.07 Å². The molecule has 0 spiro atoms. The second kappa shape index (κ2) is 5.51. The van der Waals surface area contributed by atoms with Crippen LogP contribution in [0, 0.1) is 0 Å². The normalized spacial score (nSPS) is 13.5. The maximum atomic E-state index is 5.76. The highest BCUT2D eigenvalue weighted by Gasteiger charge is 2.27. The Bertz CT molecular complexity index is 343. The molecule has 0 saturated carbocycles. The smallest absolute Gasteiger partial charge is 0.0310 e. The van der Waals surface area contributed by atoms with Crippen molar-refractivity contribution < 1.29 is 0 Å². The number of hydrogen-bond acceptors (Lipinski definition) is 1. The number of benzene rings is 1. The Morgan fingerprint density at radius 3 is 2.44 bits per heavy atom. The Kier molecular flexibility index (Phi) is 4.57. The maximum Gasteiger partial charge on any atom is 0.0310 e. The van der Waals surface area contributed by atoms with Crippen LogP contribution in [-0.2, 0) is 5.41 Å². The van der Waals surface area contributed by atoms with E-state index in [0.717, 1.165) is 0 Å². The summed E-state index contributed by atoms with van der Waals surface area (Å²) in [6.07, 6.45) is 0. The third kappa shape index (κ3) is 3.36. The summed E-state index contributed by atoms with van der Waals surface area (Å²) in [4.78, 5) is 0. The van der Waals surface area contributed by atoms with Gasteiger partial charge in [0.25, 0.3) is 0 Å². The summed E-state index contributed by atoms with van der Waals surface area (Å²) in [5.41, 5.74) is 1.41. The van der Waals surface area contributed by atoms with E-state index >= 15 is 0 Å². The van der Waals surface area contributed by atoms with Gasteiger partial charge in [-0.05, 0) is 12.5 Å². The summed E-state index contributed by atoms with van der Waals surface area (Å²) in [6.45, 7) is 11.0. The largest absolute Gasteiger partial charge is 0.308 e. The quantitative estimate of drug-likeness (QED) is 0.824. The van der Waals surface area contributed by atoms with Crippen molar-refractivity contribution in [3.05, 3.63) is 47.5 Å². The third-order valence-corrected chi connectivity index (χ3v) is 3.33. The molecule has 1 unspecified atom stereocenters. The topological polar surface area (TPSA) is 12.0 Å². The monoisotopic (exact) mass is 237 g/mol. The van der Waals surface area contributed by atoms with Gasteiger partial charge in [-0.3, -0.25) is 0 Å². The van der Waals surface area contributed by atoms with Gasteiger partial charge in [0.05, 0.1) is 0 Å². The molecule has 0 bridgehead atoms. The molecule has 0 radical (unpaired) electrons. The molecule has 0 saturated heterocycles. The Morgan fingerprint density at radius 2 is 1.94 bits per heavy atom. The van der Waals surface area contributed by atoms with Crippen molar-refractivity contribution in [3.63, 3.8) is 0 Å². The zero-order valence-electron chi connectivity index (χ0n) is 10.3. The molecule has 1 nitrogen and oxygen atoms in total. The predicted octanol–water partition coefficient (Wildman–Crippen LogP) is 3.69. The lowest BCUT2D eigenvalue weighted by Crippen LogP contribution is -2.43. The van der Waals surface area contributed by atoms with E-state index in [1.54, 1.807) is 0 Å². The summed E-state index contributed by atoms with van der Waals surface area (Å²) in [7, 11) is 0. The molecule has 0 aliphatic heterocycles. The molecule has 0 fully saturated rings. The third-order valence-electron chi connectivity index (χ3n) is 3.20. The second-order valence-electron chi connectivity index (χ2n) is 4.71. The van der Waals surface area contributed by atoms with Crippen LogP contribution in [0.4, 0.5) is 0 Å². The highest BCUT2D eigenvalue weighted by Crippen LogP contribution is 2.26. The van der Waals surface area contributed by atoms with Crippen LogP contribution < -0.4 is 5.32 Å². The van der Waals surface area contributed by atoms with Gasteiger partial charge in [0.15, 0.2) is 0 Å². The van der Waals surface area contributed by atoms with Crippen molar-refractivity contribution in [1.82, 2.24) is 5.32 Å². The van der Waals surface area contributed by atoms with Crippen molar-refractivity contribution in [2.45, 2.75) is 32.2 Å². The molecule has 1 rings (SSSR count). The van der Waals surface area contributed by atoms with Crippen molar-refractivity contribution >= 4 is 11.6 Å². The number of halogens is 1. The zero-order valence-corrected chi connectivity index (χ0v) is 11.0. The molecule has 16 heavy (non-hydrogen) atoms. The van der Waals surface area contributed by atoms with Crippen LogP contribution in [0.25, 0.3) is 0 Å². The highest BCUT2D eigenvalue weighted by molar-refractivity contribution is 6.29. The standard InChI is InChI=1S/C14H20ClN/c1-11(15)10-16-12(2)14(3,4)13-8-6-5-7-9-13/h5-9,12,16H,1,10H2,2-4H3. The zero-order chi connectivity index (χ0) is 12.2. The fourth-order valence-electron chi connectivity index (χ4n) is 1.64. The van der Waals surface area contributed by atoms with Gasteiger partial charge >= 0.3 is 0 Å². The van der Waals surface area contributed by atoms with E-state index in [1.165, 1.54) is 5.56 Å². The summed E-state index contributed by atoms with van der Waals surface area (Å²) in [5, 5.41) is 4.04.